The van der Waals surface area contributed by atoms with Crippen molar-refractivity contribution in [2.24, 2.45) is 11.1 Å². The van der Waals surface area contributed by atoms with Crippen LogP contribution in [0, 0.1) is 11.2 Å². The molecular formula is C20H26F3N3. The van der Waals surface area contributed by atoms with Gasteiger partial charge in [0.15, 0.2) is 0 Å². The maximum absolute atomic E-state index is 13.7. The van der Waals surface area contributed by atoms with Crippen LogP contribution in [-0.2, 0) is 0 Å². The van der Waals surface area contributed by atoms with Gasteiger partial charge in [0.1, 0.15) is 11.5 Å². The van der Waals surface area contributed by atoms with Crippen molar-refractivity contribution in [3.8, 4) is 0 Å². The highest BCUT2D eigenvalue weighted by molar-refractivity contribution is 5.69. The van der Waals surface area contributed by atoms with Crippen molar-refractivity contribution >= 4 is 5.70 Å². The maximum atomic E-state index is 13.7. The molecule has 0 spiro atoms. The van der Waals surface area contributed by atoms with Crippen LogP contribution in [0.4, 0.5) is 13.2 Å². The zero-order valence-electron chi connectivity index (χ0n) is 15.4. The molecule has 2 unspecified atom stereocenters. The third-order valence-corrected chi connectivity index (χ3v) is 5.59. The van der Waals surface area contributed by atoms with E-state index in [2.05, 4.69) is 10.6 Å². The average molecular weight is 365 g/mol. The number of nitrogens with two attached hydrogens (primary N) is 1. The molecule has 3 rings (SSSR count). The fraction of sp³-hybridized carbons (Fsp3) is 0.500. The van der Waals surface area contributed by atoms with Crippen molar-refractivity contribution in [3.63, 3.8) is 0 Å². The van der Waals surface area contributed by atoms with E-state index in [9.17, 15) is 13.2 Å². The number of alkyl halides is 2. The number of hydrogen-bond donors (Lipinski definition) is 3. The van der Waals surface area contributed by atoms with Crippen molar-refractivity contribution in [1.29, 1.82) is 0 Å². The standard InChI is InChI=1S/C20H26F3N3/c1-4-13(2)25-17-10-9-16(14-5-7-15(21)8-6-14)26-20(17,24)18(3)11-19(22,23)12-18/h5-10,13,25-26H,4,11-12,24H2,1-3H3. The monoisotopic (exact) mass is 365 g/mol. The van der Waals surface area contributed by atoms with Crippen LogP contribution >= 0.6 is 0 Å². The first-order valence-corrected chi connectivity index (χ1v) is 8.98. The van der Waals surface area contributed by atoms with Gasteiger partial charge >= 0.3 is 0 Å². The van der Waals surface area contributed by atoms with E-state index >= 15 is 0 Å². The second-order valence-electron chi connectivity index (χ2n) is 7.82. The van der Waals surface area contributed by atoms with Gasteiger partial charge in [0.25, 0.3) is 0 Å². The molecule has 0 aromatic heterocycles. The fourth-order valence-electron chi connectivity index (χ4n) is 3.79. The molecule has 2 atom stereocenters. The summed E-state index contributed by atoms with van der Waals surface area (Å²) in [5.74, 6) is -3.02. The van der Waals surface area contributed by atoms with Crippen molar-refractivity contribution in [2.45, 2.75) is 57.7 Å². The molecule has 2 aliphatic rings. The van der Waals surface area contributed by atoms with Crippen LogP contribution in [0.2, 0.25) is 0 Å². The molecule has 0 amide bonds. The van der Waals surface area contributed by atoms with Gasteiger partial charge in [-0.15, -0.1) is 0 Å². The largest absolute Gasteiger partial charge is 0.383 e. The summed E-state index contributed by atoms with van der Waals surface area (Å²) in [5, 5.41) is 6.64. The molecule has 1 aliphatic carbocycles. The number of benzene rings is 1. The van der Waals surface area contributed by atoms with Crippen molar-refractivity contribution < 1.29 is 13.2 Å². The van der Waals surface area contributed by atoms with E-state index in [4.69, 9.17) is 5.73 Å². The van der Waals surface area contributed by atoms with Gasteiger partial charge in [0, 0.05) is 30.0 Å². The number of hydrogen-bond acceptors (Lipinski definition) is 3. The Hall–Kier alpha value is -1.95. The van der Waals surface area contributed by atoms with E-state index in [-0.39, 0.29) is 24.7 Å². The molecule has 26 heavy (non-hydrogen) atoms. The molecule has 1 fully saturated rings. The molecule has 1 heterocycles. The summed E-state index contributed by atoms with van der Waals surface area (Å²) in [5.41, 5.74) is 6.93. The van der Waals surface area contributed by atoms with Crippen LogP contribution in [0.3, 0.4) is 0 Å². The van der Waals surface area contributed by atoms with Crippen LogP contribution in [0.15, 0.2) is 42.1 Å². The highest BCUT2D eigenvalue weighted by Gasteiger charge is 2.64. The molecule has 1 aliphatic heterocycles. The minimum Gasteiger partial charge on any atom is -0.383 e. The number of allylic oxidation sites excluding steroid dienone is 2. The third kappa shape index (κ3) is 3.22. The molecule has 0 bridgehead atoms. The zero-order valence-corrected chi connectivity index (χ0v) is 15.4. The average Bonchev–Trinajstić information content (AvgIpc) is 2.55. The van der Waals surface area contributed by atoms with E-state index in [0.717, 1.165) is 12.0 Å². The molecule has 0 saturated heterocycles. The van der Waals surface area contributed by atoms with Gasteiger partial charge < -0.3 is 16.4 Å². The van der Waals surface area contributed by atoms with Crippen LogP contribution in [0.1, 0.15) is 45.6 Å². The Morgan fingerprint density at radius 2 is 1.81 bits per heavy atom. The first kappa shape index (κ1) is 18.8. The van der Waals surface area contributed by atoms with Crippen LogP contribution in [-0.4, -0.2) is 17.6 Å². The summed E-state index contributed by atoms with van der Waals surface area (Å²) in [6, 6.07) is 6.19. The number of rotatable bonds is 5. The van der Waals surface area contributed by atoms with Crippen molar-refractivity contribution in [2.75, 3.05) is 0 Å². The topological polar surface area (TPSA) is 50.1 Å². The minimum absolute atomic E-state index is 0.163. The molecule has 3 nitrogen and oxygen atoms in total. The molecule has 1 saturated carbocycles. The summed E-state index contributed by atoms with van der Waals surface area (Å²) in [6.45, 7) is 5.86. The van der Waals surface area contributed by atoms with Gasteiger partial charge in [-0.1, -0.05) is 26.0 Å². The lowest BCUT2D eigenvalue weighted by Gasteiger charge is -2.57. The second kappa shape index (κ2) is 6.34. The Bertz CT molecular complexity index is 731. The van der Waals surface area contributed by atoms with E-state index in [1.165, 1.54) is 12.1 Å². The van der Waals surface area contributed by atoms with Crippen LogP contribution in [0.5, 0.6) is 0 Å². The van der Waals surface area contributed by atoms with Gasteiger partial charge in [-0.3, -0.25) is 0 Å². The summed E-state index contributed by atoms with van der Waals surface area (Å²) >= 11 is 0. The van der Waals surface area contributed by atoms with Crippen molar-refractivity contribution in [1.82, 2.24) is 10.6 Å². The van der Waals surface area contributed by atoms with Gasteiger partial charge in [-0.25, -0.2) is 13.2 Å². The molecule has 142 valence electrons. The first-order valence-electron chi connectivity index (χ1n) is 8.98. The molecule has 1 aromatic rings. The van der Waals surface area contributed by atoms with Gasteiger partial charge in [0.2, 0.25) is 5.92 Å². The van der Waals surface area contributed by atoms with Crippen LogP contribution in [0.25, 0.3) is 5.70 Å². The molecule has 4 N–H and O–H groups in total. The lowest BCUT2D eigenvalue weighted by Crippen LogP contribution is -2.72. The van der Waals surface area contributed by atoms with E-state index in [1.807, 2.05) is 26.0 Å². The third-order valence-electron chi connectivity index (χ3n) is 5.59. The van der Waals surface area contributed by atoms with Gasteiger partial charge in [0.05, 0.1) is 5.70 Å². The SMILES string of the molecule is CCC(C)NC1=CC=C(c2ccc(F)cc2)NC1(N)C1(C)CC(F)(F)C1. The van der Waals surface area contributed by atoms with Crippen LogP contribution < -0.4 is 16.4 Å². The summed E-state index contributed by atoms with van der Waals surface area (Å²) in [7, 11) is 0. The van der Waals surface area contributed by atoms with Gasteiger partial charge in [-0.2, -0.15) is 0 Å². The Morgan fingerprint density at radius 1 is 1.19 bits per heavy atom. The number of nitrogens with one attached hydrogen (secondary N) is 2. The lowest BCUT2D eigenvalue weighted by atomic mass is 9.58. The number of dihydropyridines is 1. The molecule has 1 aromatic carbocycles. The van der Waals surface area contributed by atoms with Gasteiger partial charge in [-0.05, 0) is 43.2 Å². The first-order chi connectivity index (χ1) is 12.1. The Labute approximate surface area is 152 Å². The highest BCUT2D eigenvalue weighted by atomic mass is 19.3. The molecule has 0 radical (unpaired) electrons. The molecular weight excluding hydrogens is 339 g/mol. The summed E-state index contributed by atoms with van der Waals surface area (Å²) in [6.07, 6.45) is 4.03. The van der Waals surface area contributed by atoms with E-state index in [1.54, 1.807) is 19.1 Å². The fourth-order valence-corrected chi connectivity index (χ4v) is 3.79. The quantitative estimate of drug-likeness (QED) is 0.735. The normalized spacial score (nSPS) is 27.5. The second-order valence-corrected chi connectivity index (χ2v) is 7.82. The molecule has 6 heteroatoms. The predicted octanol–water partition coefficient (Wildman–Crippen LogP) is 4.13. The Balaban J connectivity index is 1.97. The Kier molecular flexibility index (Phi) is 4.59. The lowest BCUT2D eigenvalue weighted by molar-refractivity contribution is -0.179. The van der Waals surface area contributed by atoms with E-state index in [0.29, 0.717) is 11.4 Å². The van der Waals surface area contributed by atoms with E-state index < -0.39 is 17.0 Å². The highest BCUT2D eigenvalue weighted by Crippen LogP contribution is 2.58. The number of halogens is 3. The summed E-state index contributed by atoms with van der Waals surface area (Å²) in [4.78, 5) is 0. The Morgan fingerprint density at radius 3 is 2.35 bits per heavy atom. The zero-order chi connectivity index (χ0) is 19.2. The smallest absolute Gasteiger partial charge is 0.249 e. The van der Waals surface area contributed by atoms with Crippen molar-refractivity contribution in [3.05, 3.63) is 53.5 Å². The maximum Gasteiger partial charge on any atom is 0.249 e. The summed E-state index contributed by atoms with van der Waals surface area (Å²) < 4.78 is 40.6. The predicted molar refractivity (Wildman–Crippen MR) is 97.7 cm³/mol. The minimum atomic E-state index is -2.69.